The molecule has 8 nitrogen and oxygen atoms in total. The first-order valence-corrected chi connectivity index (χ1v) is 8.55. The minimum absolute atomic E-state index is 0.0350. The summed E-state index contributed by atoms with van der Waals surface area (Å²) in [6.45, 7) is 2.97. The van der Waals surface area contributed by atoms with Gasteiger partial charge in [0.1, 0.15) is 11.3 Å². The van der Waals surface area contributed by atoms with E-state index in [2.05, 4.69) is 14.5 Å². The number of esters is 1. The van der Waals surface area contributed by atoms with E-state index < -0.39 is 10.9 Å². The predicted octanol–water partition coefficient (Wildman–Crippen LogP) is 2.72. The molecule has 1 heterocycles. The standard InChI is InChI=1S/C19H21N3O5/c1-26-18-6-4-3-5-17(18)21-11-9-20(10-12-21)14-7-8-16(22(24)25)15(13-14)19(23)27-2/h3-8,13H,9-12H2,1-2H3. The number of carbonyl (C=O) groups is 1. The van der Waals surface area contributed by atoms with Crippen LogP contribution in [0, 0.1) is 10.1 Å². The number of carbonyl (C=O) groups excluding carboxylic acids is 1. The number of hydrogen-bond donors (Lipinski definition) is 0. The maximum Gasteiger partial charge on any atom is 0.344 e. The molecule has 0 radical (unpaired) electrons. The van der Waals surface area contributed by atoms with Crippen LogP contribution in [-0.2, 0) is 4.74 Å². The van der Waals surface area contributed by atoms with Crippen molar-refractivity contribution in [2.45, 2.75) is 0 Å². The Morgan fingerprint density at radius 2 is 1.70 bits per heavy atom. The van der Waals surface area contributed by atoms with Gasteiger partial charge in [0, 0.05) is 37.9 Å². The van der Waals surface area contributed by atoms with Crippen molar-refractivity contribution in [3.8, 4) is 5.75 Å². The number of nitro groups is 1. The number of anilines is 2. The van der Waals surface area contributed by atoms with Crippen LogP contribution in [0.25, 0.3) is 0 Å². The molecular formula is C19H21N3O5. The van der Waals surface area contributed by atoms with E-state index in [1.807, 2.05) is 24.3 Å². The zero-order valence-corrected chi connectivity index (χ0v) is 15.3. The Kier molecular flexibility index (Phi) is 5.44. The van der Waals surface area contributed by atoms with Crippen molar-refractivity contribution in [1.29, 1.82) is 0 Å². The summed E-state index contributed by atoms with van der Waals surface area (Å²) in [7, 11) is 2.87. The van der Waals surface area contributed by atoms with Crippen LogP contribution in [0.4, 0.5) is 17.1 Å². The van der Waals surface area contributed by atoms with Crippen LogP contribution in [0.2, 0.25) is 0 Å². The Hall–Kier alpha value is -3.29. The maximum atomic E-state index is 11.9. The van der Waals surface area contributed by atoms with E-state index in [4.69, 9.17) is 4.74 Å². The van der Waals surface area contributed by atoms with Crippen LogP contribution in [0.3, 0.4) is 0 Å². The topological polar surface area (TPSA) is 85.2 Å². The summed E-state index contributed by atoms with van der Waals surface area (Å²) in [5.74, 6) is 0.116. The summed E-state index contributed by atoms with van der Waals surface area (Å²) in [5.41, 5.74) is 1.52. The molecule has 0 unspecified atom stereocenters. The molecule has 0 aliphatic carbocycles. The summed E-state index contributed by atoms with van der Waals surface area (Å²) >= 11 is 0. The third-order valence-electron chi connectivity index (χ3n) is 4.65. The van der Waals surface area contributed by atoms with Gasteiger partial charge in [0.15, 0.2) is 0 Å². The highest BCUT2D eigenvalue weighted by atomic mass is 16.6. The first kappa shape index (κ1) is 18.5. The highest BCUT2D eigenvalue weighted by Gasteiger charge is 2.25. The van der Waals surface area contributed by atoms with Gasteiger partial charge < -0.3 is 19.3 Å². The quantitative estimate of drug-likeness (QED) is 0.454. The largest absolute Gasteiger partial charge is 0.495 e. The van der Waals surface area contributed by atoms with Gasteiger partial charge in [-0.2, -0.15) is 0 Å². The predicted molar refractivity (Wildman–Crippen MR) is 102 cm³/mol. The monoisotopic (exact) mass is 371 g/mol. The molecule has 0 spiro atoms. The zero-order valence-electron chi connectivity index (χ0n) is 15.3. The summed E-state index contributed by atoms with van der Waals surface area (Å²) in [6.07, 6.45) is 0. The Morgan fingerprint density at radius 3 is 2.33 bits per heavy atom. The van der Waals surface area contributed by atoms with Crippen molar-refractivity contribution in [3.05, 3.63) is 58.1 Å². The van der Waals surface area contributed by atoms with E-state index in [0.29, 0.717) is 0 Å². The molecule has 0 aromatic heterocycles. The van der Waals surface area contributed by atoms with E-state index in [-0.39, 0.29) is 11.3 Å². The Labute approximate surface area is 157 Å². The molecule has 2 aromatic carbocycles. The van der Waals surface area contributed by atoms with Crippen molar-refractivity contribution < 1.29 is 19.2 Å². The summed E-state index contributed by atoms with van der Waals surface area (Å²) in [4.78, 5) is 26.8. The average Bonchev–Trinajstić information content (AvgIpc) is 2.72. The zero-order chi connectivity index (χ0) is 19.4. The number of rotatable bonds is 5. The van der Waals surface area contributed by atoms with Crippen LogP contribution in [0.5, 0.6) is 5.75 Å². The van der Waals surface area contributed by atoms with Crippen LogP contribution in [0.1, 0.15) is 10.4 Å². The third kappa shape index (κ3) is 3.79. The molecule has 0 bridgehead atoms. The third-order valence-corrected chi connectivity index (χ3v) is 4.65. The molecule has 1 aliphatic rings. The number of hydrogen-bond acceptors (Lipinski definition) is 7. The van der Waals surface area contributed by atoms with Crippen molar-refractivity contribution in [2.75, 3.05) is 50.2 Å². The molecular weight excluding hydrogens is 350 g/mol. The molecule has 0 N–H and O–H groups in total. The molecule has 1 fully saturated rings. The lowest BCUT2D eigenvalue weighted by Crippen LogP contribution is -2.46. The summed E-state index contributed by atoms with van der Waals surface area (Å²) in [6, 6.07) is 12.4. The number of ether oxygens (including phenoxy) is 2. The second-order valence-corrected chi connectivity index (χ2v) is 6.10. The fraction of sp³-hybridized carbons (Fsp3) is 0.316. The van der Waals surface area contributed by atoms with Gasteiger partial charge in [-0.1, -0.05) is 12.1 Å². The maximum absolute atomic E-state index is 11.9. The summed E-state index contributed by atoms with van der Waals surface area (Å²) in [5, 5.41) is 11.2. The average molecular weight is 371 g/mol. The van der Waals surface area contributed by atoms with Crippen LogP contribution >= 0.6 is 0 Å². The van der Waals surface area contributed by atoms with Crippen LogP contribution in [-0.4, -0.2) is 51.3 Å². The second-order valence-electron chi connectivity index (χ2n) is 6.10. The van der Waals surface area contributed by atoms with Gasteiger partial charge in [-0.3, -0.25) is 10.1 Å². The minimum atomic E-state index is -0.712. The summed E-state index contributed by atoms with van der Waals surface area (Å²) < 4.78 is 10.1. The van der Waals surface area contributed by atoms with Gasteiger partial charge in [-0.05, 0) is 24.3 Å². The first-order chi connectivity index (χ1) is 13.0. The van der Waals surface area contributed by atoms with E-state index in [0.717, 1.165) is 43.3 Å². The lowest BCUT2D eigenvalue weighted by Gasteiger charge is -2.37. The van der Waals surface area contributed by atoms with Gasteiger partial charge in [-0.15, -0.1) is 0 Å². The van der Waals surface area contributed by atoms with Crippen LogP contribution < -0.4 is 14.5 Å². The number of piperazine rings is 1. The van der Waals surface area contributed by atoms with Gasteiger partial charge >= 0.3 is 5.97 Å². The fourth-order valence-electron chi connectivity index (χ4n) is 3.25. The second kappa shape index (κ2) is 7.94. The first-order valence-electron chi connectivity index (χ1n) is 8.55. The fourth-order valence-corrected chi connectivity index (χ4v) is 3.25. The highest BCUT2D eigenvalue weighted by Crippen LogP contribution is 2.30. The van der Waals surface area contributed by atoms with E-state index in [9.17, 15) is 14.9 Å². The lowest BCUT2D eigenvalue weighted by atomic mass is 10.1. The van der Waals surface area contributed by atoms with Crippen molar-refractivity contribution in [2.24, 2.45) is 0 Å². The molecule has 3 rings (SSSR count). The molecule has 0 amide bonds. The van der Waals surface area contributed by atoms with Gasteiger partial charge in [0.2, 0.25) is 0 Å². The normalized spacial score (nSPS) is 14.0. The Bertz CT molecular complexity index is 847. The highest BCUT2D eigenvalue weighted by molar-refractivity contribution is 5.95. The van der Waals surface area contributed by atoms with E-state index in [1.54, 1.807) is 13.2 Å². The number of nitrogens with zero attached hydrogens (tertiary/aromatic N) is 3. The van der Waals surface area contributed by atoms with Crippen molar-refractivity contribution in [1.82, 2.24) is 0 Å². The smallest absolute Gasteiger partial charge is 0.344 e. The molecule has 1 saturated heterocycles. The van der Waals surface area contributed by atoms with Gasteiger partial charge in [-0.25, -0.2) is 4.79 Å². The van der Waals surface area contributed by atoms with Crippen molar-refractivity contribution in [3.63, 3.8) is 0 Å². The molecule has 142 valence electrons. The Balaban J connectivity index is 1.78. The van der Waals surface area contributed by atoms with E-state index in [1.165, 1.54) is 19.2 Å². The van der Waals surface area contributed by atoms with Crippen LogP contribution in [0.15, 0.2) is 42.5 Å². The van der Waals surface area contributed by atoms with Gasteiger partial charge in [0.05, 0.1) is 24.8 Å². The lowest BCUT2D eigenvalue weighted by molar-refractivity contribution is -0.385. The number of para-hydroxylation sites is 2. The number of nitro benzene ring substituents is 1. The SMILES string of the molecule is COC(=O)c1cc(N2CCN(c3ccccc3OC)CC2)ccc1[N+](=O)[O-]. The molecule has 27 heavy (non-hydrogen) atoms. The molecule has 2 aromatic rings. The van der Waals surface area contributed by atoms with Gasteiger partial charge in [0.25, 0.3) is 5.69 Å². The number of benzene rings is 2. The molecule has 8 heteroatoms. The Morgan fingerprint density at radius 1 is 1.04 bits per heavy atom. The van der Waals surface area contributed by atoms with E-state index >= 15 is 0 Å². The molecule has 1 aliphatic heterocycles. The molecule has 0 saturated carbocycles. The van der Waals surface area contributed by atoms with Crippen molar-refractivity contribution >= 4 is 23.0 Å². The minimum Gasteiger partial charge on any atom is -0.495 e. The number of methoxy groups -OCH3 is 2. The molecule has 0 atom stereocenters.